The number of rotatable bonds is 6. The Morgan fingerprint density at radius 3 is 2.05 bits per heavy atom. The topological polar surface area (TPSA) is 30.5 Å². The zero-order chi connectivity index (χ0) is 15.8. The molecular formula is C17H26BrNO2. The van der Waals surface area contributed by atoms with E-state index in [2.05, 4.69) is 48.9 Å². The Labute approximate surface area is 136 Å². The lowest BCUT2D eigenvalue weighted by Gasteiger charge is -2.13. The summed E-state index contributed by atoms with van der Waals surface area (Å²) in [5.41, 5.74) is 2.04. The largest absolute Gasteiger partial charge is 0.493 e. The number of hydrogen-bond donors (Lipinski definition) is 1. The number of ether oxygens (including phenoxy) is 2. The fourth-order valence-corrected chi connectivity index (χ4v) is 3.69. The van der Waals surface area contributed by atoms with Crippen LogP contribution in [0, 0.1) is 16.7 Å². The van der Waals surface area contributed by atoms with Crippen molar-refractivity contribution in [3.05, 3.63) is 22.2 Å². The summed E-state index contributed by atoms with van der Waals surface area (Å²) in [7, 11) is 3.32. The maximum Gasteiger partial charge on any atom is 0.161 e. The number of halogens is 1. The second-order valence-corrected chi connectivity index (χ2v) is 7.78. The first-order valence-corrected chi connectivity index (χ1v) is 8.16. The fourth-order valence-electron chi connectivity index (χ4n) is 3.23. The summed E-state index contributed by atoms with van der Waals surface area (Å²) >= 11 is 3.60. The van der Waals surface area contributed by atoms with Crippen LogP contribution in [-0.4, -0.2) is 20.8 Å². The third-order valence-electron chi connectivity index (χ3n) is 5.54. The minimum atomic E-state index is 0.425. The smallest absolute Gasteiger partial charge is 0.161 e. The van der Waals surface area contributed by atoms with Crippen molar-refractivity contribution < 1.29 is 9.47 Å². The van der Waals surface area contributed by atoms with Gasteiger partial charge in [0.25, 0.3) is 0 Å². The predicted octanol–water partition coefficient (Wildman–Crippen LogP) is 4.24. The summed E-state index contributed by atoms with van der Waals surface area (Å²) in [6.45, 7) is 11.3. The van der Waals surface area contributed by atoms with Crippen LogP contribution in [0.2, 0.25) is 0 Å². The van der Waals surface area contributed by atoms with Crippen molar-refractivity contribution in [3.8, 4) is 11.5 Å². The van der Waals surface area contributed by atoms with Gasteiger partial charge in [0.05, 0.1) is 14.2 Å². The summed E-state index contributed by atoms with van der Waals surface area (Å²) in [6.07, 6.45) is 0. The third kappa shape index (κ3) is 2.93. The molecule has 118 valence electrons. The molecule has 0 radical (unpaired) electrons. The van der Waals surface area contributed by atoms with Gasteiger partial charge >= 0.3 is 0 Å². The average molecular weight is 356 g/mol. The van der Waals surface area contributed by atoms with Crippen LogP contribution in [0.15, 0.2) is 16.6 Å². The van der Waals surface area contributed by atoms with E-state index in [1.807, 2.05) is 12.1 Å². The fraction of sp³-hybridized carbons (Fsp3) is 0.647. The Hall–Kier alpha value is -0.740. The first kappa shape index (κ1) is 16.6. The maximum atomic E-state index is 5.36. The summed E-state index contributed by atoms with van der Waals surface area (Å²) in [4.78, 5) is 0. The maximum absolute atomic E-state index is 5.36. The van der Waals surface area contributed by atoms with Gasteiger partial charge in [-0.15, -0.1) is 0 Å². The highest BCUT2D eigenvalue weighted by atomic mass is 79.9. The third-order valence-corrected chi connectivity index (χ3v) is 6.27. The first-order valence-electron chi connectivity index (χ1n) is 7.36. The lowest BCUT2D eigenvalue weighted by molar-refractivity contribution is 0.354. The zero-order valence-electron chi connectivity index (χ0n) is 13.8. The van der Waals surface area contributed by atoms with Gasteiger partial charge in [-0.05, 0) is 41.0 Å². The monoisotopic (exact) mass is 355 g/mol. The van der Waals surface area contributed by atoms with Crippen LogP contribution in [0.4, 0.5) is 0 Å². The SMILES string of the molecule is COc1cc(Br)c(CNCC2C(C)(C)C2(C)C)cc1OC. The zero-order valence-corrected chi connectivity index (χ0v) is 15.4. The molecule has 2 rings (SSSR count). The molecule has 1 aliphatic rings. The quantitative estimate of drug-likeness (QED) is 0.827. The highest BCUT2D eigenvalue weighted by Crippen LogP contribution is 2.67. The summed E-state index contributed by atoms with van der Waals surface area (Å²) < 4.78 is 11.7. The van der Waals surface area contributed by atoms with Crippen LogP contribution in [-0.2, 0) is 6.54 Å². The highest BCUT2D eigenvalue weighted by molar-refractivity contribution is 9.10. The van der Waals surface area contributed by atoms with Gasteiger partial charge in [-0.25, -0.2) is 0 Å². The van der Waals surface area contributed by atoms with E-state index in [9.17, 15) is 0 Å². The van der Waals surface area contributed by atoms with Crippen LogP contribution < -0.4 is 14.8 Å². The molecule has 0 amide bonds. The Morgan fingerprint density at radius 2 is 1.57 bits per heavy atom. The van der Waals surface area contributed by atoms with Gasteiger partial charge in [-0.3, -0.25) is 0 Å². The van der Waals surface area contributed by atoms with Crippen molar-refractivity contribution in [1.29, 1.82) is 0 Å². The lowest BCUT2D eigenvalue weighted by Crippen LogP contribution is -2.19. The Kier molecular flexibility index (Phi) is 4.60. The van der Waals surface area contributed by atoms with Gasteiger partial charge in [0.15, 0.2) is 11.5 Å². The molecule has 0 spiro atoms. The van der Waals surface area contributed by atoms with Crippen molar-refractivity contribution >= 4 is 15.9 Å². The molecule has 0 aromatic heterocycles. The van der Waals surface area contributed by atoms with Crippen molar-refractivity contribution in [2.24, 2.45) is 16.7 Å². The Bertz CT molecular complexity index is 512. The van der Waals surface area contributed by atoms with Crippen LogP contribution in [0.5, 0.6) is 11.5 Å². The second kappa shape index (κ2) is 5.81. The Morgan fingerprint density at radius 1 is 1.05 bits per heavy atom. The number of nitrogens with one attached hydrogen (secondary N) is 1. The predicted molar refractivity (Wildman–Crippen MR) is 90.0 cm³/mol. The Balaban J connectivity index is 1.98. The molecule has 0 bridgehead atoms. The van der Waals surface area contributed by atoms with Crippen LogP contribution in [0.3, 0.4) is 0 Å². The molecule has 0 aliphatic heterocycles. The molecule has 1 aliphatic carbocycles. The standard InChI is InChI=1S/C17H26BrNO2/c1-16(2)15(17(16,3)4)10-19-9-11-7-13(20-5)14(21-6)8-12(11)18/h7-8,15,19H,9-10H2,1-6H3. The van der Waals surface area contributed by atoms with Gasteiger partial charge in [-0.1, -0.05) is 43.6 Å². The minimum absolute atomic E-state index is 0.425. The molecule has 1 aromatic carbocycles. The van der Waals surface area contributed by atoms with Gasteiger partial charge in [-0.2, -0.15) is 0 Å². The van der Waals surface area contributed by atoms with E-state index < -0.39 is 0 Å². The van der Waals surface area contributed by atoms with Crippen LogP contribution in [0.1, 0.15) is 33.3 Å². The van der Waals surface area contributed by atoms with Crippen molar-refractivity contribution in [2.75, 3.05) is 20.8 Å². The van der Waals surface area contributed by atoms with E-state index in [1.165, 1.54) is 5.56 Å². The van der Waals surface area contributed by atoms with Crippen molar-refractivity contribution in [1.82, 2.24) is 5.32 Å². The molecule has 0 unspecified atom stereocenters. The van der Waals surface area contributed by atoms with Gasteiger partial charge < -0.3 is 14.8 Å². The van der Waals surface area contributed by atoms with Crippen molar-refractivity contribution in [2.45, 2.75) is 34.2 Å². The average Bonchev–Trinajstić information content (AvgIpc) is 2.82. The van der Waals surface area contributed by atoms with E-state index in [4.69, 9.17) is 9.47 Å². The molecule has 0 atom stereocenters. The van der Waals surface area contributed by atoms with Crippen LogP contribution in [0.25, 0.3) is 0 Å². The molecular weight excluding hydrogens is 330 g/mol. The lowest BCUT2D eigenvalue weighted by atomic mass is 10.0. The minimum Gasteiger partial charge on any atom is -0.493 e. The summed E-state index contributed by atoms with van der Waals surface area (Å²) in [6, 6.07) is 3.99. The van der Waals surface area contributed by atoms with E-state index in [0.29, 0.717) is 10.8 Å². The number of methoxy groups -OCH3 is 2. The summed E-state index contributed by atoms with van der Waals surface area (Å²) in [5, 5.41) is 3.58. The molecule has 4 heteroatoms. The van der Waals surface area contributed by atoms with Gasteiger partial charge in [0.2, 0.25) is 0 Å². The van der Waals surface area contributed by atoms with Crippen molar-refractivity contribution in [3.63, 3.8) is 0 Å². The molecule has 21 heavy (non-hydrogen) atoms. The molecule has 0 saturated heterocycles. The second-order valence-electron chi connectivity index (χ2n) is 6.93. The highest BCUT2D eigenvalue weighted by Gasteiger charge is 2.63. The number of hydrogen-bond acceptors (Lipinski definition) is 3. The first-order chi connectivity index (χ1) is 9.75. The van der Waals surface area contributed by atoms with E-state index in [1.54, 1.807) is 14.2 Å². The molecule has 1 fully saturated rings. The summed E-state index contributed by atoms with van der Waals surface area (Å²) in [5.74, 6) is 2.24. The van der Waals surface area contributed by atoms with Gasteiger partial charge in [0, 0.05) is 11.0 Å². The normalized spacial score (nSPS) is 19.4. The van der Waals surface area contributed by atoms with E-state index in [0.717, 1.165) is 35.0 Å². The van der Waals surface area contributed by atoms with Gasteiger partial charge in [0.1, 0.15) is 0 Å². The molecule has 1 aromatic rings. The molecule has 1 N–H and O–H groups in total. The molecule has 1 saturated carbocycles. The number of benzene rings is 1. The van der Waals surface area contributed by atoms with Crippen LogP contribution >= 0.6 is 15.9 Å². The van der Waals surface area contributed by atoms with E-state index in [-0.39, 0.29) is 0 Å². The van der Waals surface area contributed by atoms with E-state index >= 15 is 0 Å². The molecule has 3 nitrogen and oxygen atoms in total. The molecule has 0 heterocycles.